The number of aromatic nitrogens is 4. The fraction of sp³-hybridized carbons (Fsp3) is 0.559. The second-order valence-corrected chi connectivity index (χ2v) is 12.3. The second-order valence-electron chi connectivity index (χ2n) is 12.3. The molecule has 262 valence electrons. The summed E-state index contributed by atoms with van der Waals surface area (Å²) in [4.78, 5) is 56.5. The SMILES string of the molecule is CC(=O)c1c(C)c2cnc(Nc3ccc(N4CCN(CC(=O)NCCOCCOCCNCC#N)CC4)cn3)nc2n(C2CCCC2)c1=O. The highest BCUT2D eigenvalue weighted by molar-refractivity contribution is 5.99. The number of hydrogen-bond donors (Lipinski definition) is 3. The van der Waals surface area contributed by atoms with Gasteiger partial charge in [0.2, 0.25) is 11.9 Å². The average Bonchev–Trinajstić information content (AvgIpc) is 3.62. The van der Waals surface area contributed by atoms with Gasteiger partial charge in [0.25, 0.3) is 5.56 Å². The zero-order chi connectivity index (χ0) is 34.6. The average molecular weight is 675 g/mol. The van der Waals surface area contributed by atoms with Gasteiger partial charge in [-0.1, -0.05) is 12.8 Å². The predicted molar refractivity (Wildman–Crippen MR) is 185 cm³/mol. The molecule has 2 aliphatic rings. The van der Waals surface area contributed by atoms with E-state index in [9.17, 15) is 14.4 Å². The van der Waals surface area contributed by atoms with Crippen molar-refractivity contribution in [2.24, 2.45) is 0 Å². The molecule has 4 heterocycles. The number of pyridine rings is 2. The summed E-state index contributed by atoms with van der Waals surface area (Å²) in [6.07, 6.45) is 7.32. The summed E-state index contributed by atoms with van der Waals surface area (Å²) in [5.74, 6) is 0.633. The van der Waals surface area contributed by atoms with Gasteiger partial charge in [0.1, 0.15) is 11.5 Å². The first-order valence-electron chi connectivity index (χ1n) is 17.0. The fourth-order valence-corrected chi connectivity index (χ4v) is 6.37. The van der Waals surface area contributed by atoms with Crippen LogP contribution >= 0.6 is 0 Å². The molecule has 1 amide bonds. The van der Waals surface area contributed by atoms with E-state index in [4.69, 9.17) is 19.7 Å². The maximum Gasteiger partial charge on any atom is 0.263 e. The molecule has 3 aromatic heterocycles. The van der Waals surface area contributed by atoms with E-state index in [1.165, 1.54) is 6.92 Å². The van der Waals surface area contributed by atoms with E-state index in [0.717, 1.165) is 57.5 Å². The van der Waals surface area contributed by atoms with Crippen LogP contribution in [0.15, 0.2) is 29.3 Å². The van der Waals surface area contributed by atoms with Crippen molar-refractivity contribution in [3.05, 3.63) is 46.0 Å². The Morgan fingerprint density at radius 1 is 1.00 bits per heavy atom. The van der Waals surface area contributed by atoms with Gasteiger partial charge >= 0.3 is 0 Å². The molecule has 3 N–H and O–H groups in total. The molecule has 15 heteroatoms. The van der Waals surface area contributed by atoms with Crippen molar-refractivity contribution in [2.75, 3.05) is 89.0 Å². The maximum absolute atomic E-state index is 13.5. The Morgan fingerprint density at radius 3 is 2.41 bits per heavy atom. The molecule has 1 saturated carbocycles. The third-order valence-electron chi connectivity index (χ3n) is 8.91. The number of fused-ring (bicyclic) bond motifs is 1. The van der Waals surface area contributed by atoms with E-state index in [-0.39, 0.29) is 28.9 Å². The number of nitrogens with one attached hydrogen (secondary N) is 3. The Hall–Kier alpha value is -4.49. The van der Waals surface area contributed by atoms with Crippen LogP contribution in [0.2, 0.25) is 0 Å². The van der Waals surface area contributed by atoms with E-state index in [1.807, 2.05) is 18.2 Å². The number of Topliss-reactive ketones (excluding diaryl/α,β-unsaturated/α-hetero) is 1. The van der Waals surface area contributed by atoms with Crippen LogP contribution in [0.3, 0.4) is 0 Å². The molecule has 49 heavy (non-hydrogen) atoms. The monoisotopic (exact) mass is 674 g/mol. The smallest absolute Gasteiger partial charge is 0.263 e. The van der Waals surface area contributed by atoms with Gasteiger partial charge in [0.05, 0.1) is 63.0 Å². The summed E-state index contributed by atoms with van der Waals surface area (Å²) >= 11 is 0. The number of ether oxygens (including phenoxy) is 2. The van der Waals surface area contributed by atoms with Gasteiger partial charge < -0.3 is 30.3 Å². The normalized spacial score (nSPS) is 15.4. The zero-order valence-electron chi connectivity index (χ0n) is 28.4. The van der Waals surface area contributed by atoms with Crippen molar-refractivity contribution in [2.45, 2.75) is 45.6 Å². The summed E-state index contributed by atoms with van der Waals surface area (Å²) in [7, 11) is 0. The van der Waals surface area contributed by atoms with E-state index >= 15 is 0 Å². The van der Waals surface area contributed by atoms with Crippen LogP contribution in [0.1, 0.15) is 54.6 Å². The molecule has 15 nitrogen and oxygen atoms in total. The number of nitrogens with zero attached hydrogens (tertiary/aromatic N) is 7. The minimum atomic E-state index is -0.279. The molecule has 5 rings (SSSR count). The minimum Gasteiger partial charge on any atom is -0.378 e. The Balaban J connectivity index is 1.07. The van der Waals surface area contributed by atoms with Gasteiger partial charge in [-0.2, -0.15) is 10.2 Å². The van der Waals surface area contributed by atoms with Crippen LogP contribution in [0, 0.1) is 18.3 Å². The van der Waals surface area contributed by atoms with Crippen LogP contribution in [-0.2, 0) is 14.3 Å². The standard InChI is InChI=1S/C34H46N10O5/c1-24-28-22-39-34(41-32(28)44(26-5-3-4-6-26)33(47)31(24)25(2)45)40-29-8-7-27(21-38-29)43-15-13-42(14-16-43)23-30(46)37-12-18-49-20-19-48-17-11-36-10-9-35/h7-8,21-22,26,36H,3-6,10-20,23H2,1-2H3,(H,37,46)(H,38,39,40,41). The second kappa shape index (κ2) is 17.8. The highest BCUT2D eigenvalue weighted by atomic mass is 16.5. The number of piperazine rings is 1. The van der Waals surface area contributed by atoms with E-state index in [2.05, 4.69) is 35.7 Å². The highest BCUT2D eigenvalue weighted by Crippen LogP contribution is 2.32. The number of carbonyl (C=O) groups is 2. The van der Waals surface area contributed by atoms with Crippen LogP contribution in [0.4, 0.5) is 17.5 Å². The molecule has 3 aromatic rings. The molecule has 1 saturated heterocycles. The molecule has 0 bridgehead atoms. The fourth-order valence-electron chi connectivity index (χ4n) is 6.37. The minimum absolute atomic E-state index is 0.00971. The number of amides is 1. The van der Waals surface area contributed by atoms with Crippen molar-refractivity contribution in [1.29, 1.82) is 5.26 Å². The molecular weight excluding hydrogens is 628 g/mol. The summed E-state index contributed by atoms with van der Waals surface area (Å²) in [6.45, 7) is 9.83. The number of anilines is 3. The van der Waals surface area contributed by atoms with Crippen molar-refractivity contribution in [1.82, 2.24) is 35.1 Å². The maximum atomic E-state index is 13.5. The molecular formula is C34H46N10O5. The summed E-state index contributed by atoms with van der Waals surface area (Å²) in [5, 5.41) is 18.2. The lowest BCUT2D eigenvalue weighted by Gasteiger charge is -2.35. The predicted octanol–water partition coefficient (Wildman–Crippen LogP) is 1.94. The number of rotatable bonds is 17. The molecule has 1 aliphatic carbocycles. The van der Waals surface area contributed by atoms with Crippen LogP contribution in [-0.4, -0.2) is 115 Å². The molecule has 0 spiro atoms. The summed E-state index contributed by atoms with van der Waals surface area (Å²) in [6, 6.07) is 5.89. The van der Waals surface area contributed by atoms with Crippen LogP contribution in [0.25, 0.3) is 11.0 Å². The number of ketones is 1. The third kappa shape index (κ3) is 9.57. The molecule has 0 aromatic carbocycles. The van der Waals surface area contributed by atoms with Crippen molar-refractivity contribution in [3.8, 4) is 6.07 Å². The summed E-state index contributed by atoms with van der Waals surface area (Å²) in [5.41, 5.74) is 2.06. The lowest BCUT2D eigenvalue weighted by molar-refractivity contribution is -0.122. The Bertz CT molecular complexity index is 1680. The Morgan fingerprint density at radius 2 is 1.73 bits per heavy atom. The van der Waals surface area contributed by atoms with Crippen molar-refractivity contribution in [3.63, 3.8) is 0 Å². The first kappa shape index (κ1) is 35.8. The van der Waals surface area contributed by atoms with E-state index in [0.29, 0.717) is 81.0 Å². The zero-order valence-corrected chi connectivity index (χ0v) is 28.4. The molecule has 1 aliphatic heterocycles. The molecule has 0 radical (unpaired) electrons. The van der Waals surface area contributed by atoms with Gasteiger partial charge in [0.15, 0.2) is 5.78 Å². The lowest BCUT2D eigenvalue weighted by Crippen LogP contribution is -2.49. The van der Waals surface area contributed by atoms with Gasteiger partial charge in [-0.3, -0.25) is 23.9 Å². The third-order valence-corrected chi connectivity index (χ3v) is 8.91. The Kier molecular flexibility index (Phi) is 13.0. The van der Waals surface area contributed by atoms with Crippen LogP contribution in [0.5, 0.6) is 0 Å². The number of carbonyl (C=O) groups excluding carboxylic acids is 2. The van der Waals surface area contributed by atoms with Crippen LogP contribution < -0.4 is 26.4 Å². The Labute approximate surface area is 286 Å². The topological polar surface area (TPSA) is 180 Å². The van der Waals surface area contributed by atoms with Crippen molar-refractivity contribution < 1.29 is 19.1 Å². The quantitative estimate of drug-likeness (QED) is 0.108. The van der Waals surface area contributed by atoms with Gasteiger partial charge in [0, 0.05) is 56.9 Å². The number of hydrogen-bond acceptors (Lipinski definition) is 13. The van der Waals surface area contributed by atoms with Gasteiger partial charge in [-0.25, -0.2) is 9.97 Å². The molecule has 0 unspecified atom stereocenters. The molecule has 2 fully saturated rings. The van der Waals surface area contributed by atoms with Gasteiger partial charge in [-0.15, -0.1) is 0 Å². The van der Waals surface area contributed by atoms with E-state index < -0.39 is 0 Å². The molecule has 0 atom stereocenters. The number of nitriles is 1. The first-order chi connectivity index (χ1) is 23.9. The van der Waals surface area contributed by atoms with Crippen molar-refractivity contribution >= 4 is 40.2 Å². The first-order valence-corrected chi connectivity index (χ1v) is 17.0. The lowest BCUT2D eigenvalue weighted by atomic mass is 10.0. The number of aryl methyl sites for hydroxylation is 1. The van der Waals surface area contributed by atoms with Gasteiger partial charge in [-0.05, 0) is 44.4 Å². The highest BCUT2D eigenvalue weighted by Gasteiger charge is 2.26. The summed E-state index contributed by atoms with van der Waals surface area (Å²) < 4.78 is 12.6. The van der Waals surface area contributed by atoms with E-state index in [1.54, 1.807) is 23.9 Å². The largest absolute Gasteiger partial charge is 0.378 e.